The van der Waals surface area contributed by atoms with Gasteiger partial charge in [0.1, 0.15) is 5.60 Å². The molecular weight excluding hydrogens is 1090 g/mol. The molecule has 21 aromatic carbocycles. The summed E-state index contributed by atoms with van der Waals surface area (Å²) < 4.78 is 8.71. The maximum absolute atomic E-state index is 16.5. The number of aliphatic hydroxyl groups is 2. The summed E-state index contributed by atoms with van der Waals surface area (Å²) in [6, 6.07) is 0. The lowest BCUT2D eigenvalue weighted by Gasteiger charge is -2.63. The molecule has 33 rings (SSSR count). The molecule has 1 fully saturated rings. The van der Waals surface area contributed by atoms with Gasteiger partial charge in [0.05, 0.1) is 22.4 Å². The highest BCUT2D eigenvalue weighted by atomic mass is 17.3. The molecule has 11 aliphatic carbocycles. The van der Waals surface area contributed by atoms with Gasteiger partial charge in [-0.15, -0.1) is 0 Å². The highest BCUT2D eigenvalue weighted by molar-refractivity contribution is 6.77. The van der Waals surface area contributed by atoms with Gasteiger partial charge in [-0.25, -0.2) is 39.1 Å². The lowest BCUT2D eigenvalue weighted by molar-refractivity contribution is -0.508. The third kappa shape index (κ3) is 2.42. The minimum atomic E-state index is -2.13. The maximum atomic E-state index is 16.5. The average Bonchev–Trinajstić information content (AvgIpc) is 1.35. The van der Waals surface area contributed by atoms with Gasteiger partial charge >= 0.3 is 0 Å². The summed E-state index contributed by atoms with van der Waals surface area (Å²) in [6.07, 6.45) is 0. The average molecular weight is 1130 g/mol. The van der Waals surface area contributed by atoms with Crippen molar-refractivity contribution < 1.29 is 54.1 Å². The summed E-state index contributed by atoms with van der Waals surface area (Å²) in [4.78, 5) is 62.4. The van der Waals surface area contributed by atoms with E-state index in [2.05, 4.69) is 0 Å². The fourth-order valence-corrected chi connectivity index (χ4v) is 26.9. The van der Waals surface area contributed by atoms with Crippen LogP contribution in [0.3, 0.4) is 0 Å². The third-order valence-electron chi connectivity index (χ3n) is 27.2. The van der Waals surface area contributed by atoms with Gasteiger partial charge in [-0.05, 0) is 299 Å². The SMILES string of the molecule is CC(C)(C)OO[C@]12C3=C4[C@]5(O)c6c1c1c7c2c2c8c9c%10c%11c%12c%13c%14c%15c%16c%17c(c5c5c6c6c1c1c%18c7c8c7c8c9c%12c9c%12c%13c%16c%13c%16c%17c5c5c6c1c1c(c5%16)c(c%13%12)c(c89)c1c%187)[C@@]%15(O)[C@@]41O[C@@]1([C@]%14%11OOC(C)(C)C)[C@]3(OOC(C)(C)C)[C@@]2%10OOC(C)(C)C. The fourth-order valence-electron chi connectivity index (χ4n) is 26.9. The van der Waals surface area contributed by atoms with E-state index in [1.165, 1.54) is 162 Å². The largest absolute Gasteiger partial charge is 0.377 e. The normalized spacial score (nSPS) is 32.9. The topological polar surface area (TPSA) is 127 Å². The highest BCUT2D eigenvalue weighted by Gasteiger charge is 3.11. The van der Waals surface area contributed by atoms with Crippen LogP contribution in [0.5, 0.6) is 0 Å². The molecule has 0 amide bonds. The first-order chi connectivity index (χ1) is 41.5. The minimum Gasteiger partial charge on any atom is -0.377 e. The molecule has 1 heterocycles. The number of benzene rings is 15. The molecule has 2 spiro atoms. The Kier molecular flexibility index (Phi) is 4.19. The lowest BCUT2D eigenvalue weighted by Crippen LogP contribution is -2.79. The third-order valence-corrected chi connectivity index (χ3v) is 27.2. The number of ether oxygens (including phenoxy) is 1. The Balaban J connectivity index is 1.06. The fraction of sp³-hybridized carbons (Fsp3) is 0.316. The summed E-state index contributed by atoms with van der Waals surface area (Å²) in [5.41, 5.74) is -9.45. The predicted octanol–water partition coefficient (Wildman–Crippen LogP) is 16.0. The van der Waals surface area contributed by atoms with Gasteiger partial charge in [-0.1, -0.05) is 0 Å². The molecule has 87 heavy (non-hydrogen) atoms. The maximum Gasteiger partial charge on any atom is 0.205 e. The van der Waals surface area contributed by atoms with Crippen molar-refractivity contribution >= 4 is 215 Å². The van der Waals surface area contributed by atoms with E-state index in [9.17, 15) is 0 Å². The molecule has 8 atom stereocenters. The van der Waals surface area contributed by atoms with Crippen LogP contribution in [-0.2, 0) is 71.8 Å². The Hall–Kier alpha value is -7.20. The smallest absolute Gasteiger partial charge is 0.205 e. The van der Waals surface area contributed by atoms with Crippen molar-refractivity contribution in [3.05, 3.63) is 66.8 Å². The number of hydrogen-bond acceptors (Lipinski definition) is 11. The molecule has 11 heteroatoms. The first-order valence-corrected chi connectivity index (χ1v) is 31.7. The van der Waals surface area contributed by atoms with Crippen LogP contribution in [0.25, 0.3) is 215 Å². The molecule has 12 aliphatic rings. The summed E-state index contributed by atoms with van der Waals surface area (Å²) in [7, 11) is 0. The first kappa shape index (κ1) is 40.4. The van der Waals surface area contributed by atoms with Crippen molar-refractivity contribution in [1.82, 2.24) is 0 Å². The van der Waals surface area contributed by atoms with Crippen molar-refractivity contribution in [3.8, 4) is 0 Å². The van der Waals surface area contributed by atoms with E-state index in [4.69, 9.17) is 43.8 Å². The van der Waals surface area contributed by atoms with E-state index in [1.54, 1.807) is 0 Å². The van der Waals surface area contributed by atoms with Gasteiger partial charge in [-0.3, -0.25) is 0 Å². The number of hydrogen-bond donors (Lipinski definition) is 2. The van der Waals surface area contributed by atoms with Gasteiger partial charge in [0, 0.05) is 66.8 Å². The summed E-state index contributed by atoms with van der Waals surface area (Å²) in [6.45, 7) is 24.4. The molecule has 1 saturated heterocycles. The van der Waals surface area contributed by atoms with E-state index in [-0.39, 0.29) is 0 Å². The standard InChI is InChI=1S/C76H38O11/c1-65(2,3)80-84-70-55-45-35-25-18-13-14-16-17-15(13)20-26(25)36-39-29(20)31-22(17)32-30-21(16)28-27-19(14)24-23(18)33(35)43-44-34(24)37(27)47-48-38(28)40(30)50-52-42(32)41(31)51-49(39)59(56(70)46(36)45)72(85-81-66(4,5)6)61(51)62(52)73(86-82-67(7,8)9)60(50)58(48)71(78)57(47)54(44)69(77,53(43)55)63-64(70)75(72,87-83-68(10,11)12)76(73)74(63,71)79-76/h77-78H,1-12H3/t69-,70+,71-,72+,73-,74-,75+,76+/m0/s1. The predicted molar refractivity (Wildman–Crippen MR) is 330 cm³/mol. The molecule has 1 aliphatic heterocycles. The number of epoxide rings is 1. The molecular formula is C76H38O11. The van der Waals surface area contributed by atoms with Gasteiger partial charge in [-0.2, -0.15) is 0 Å². The summed E-state index contributed by atoms with van der Waals surface area (Å²) in [5.74, 6) is 0. The van der Waals surface area contributed by atoms with Crippen LogP contribution in [-0.4, -0.2) is 49.4 Å². The van der Waals surface area contributed by atoms with Gasteiger partial charge < -0.3 is 14.9 Å². The van der Waals surface area contributed by atoms with Crippen molar-refractivity contribution in [1.29, 1.82) is 0 Å². The van der Waals surface area contributed by atoms with Gasteiger partial charge in [0.15, 0.2) is 33.6 Å². The van der Waals surface area contributed by atoms with Crippen molar-refractivity contribution in [2.45, 2.75) is 150 Å². The molecule has 0 saturated carbocycles. The van der Waals surface area contributed by atoms with Crippen molar-refractivity contribution in [2.75, 3.05) is 0 Å². The molecule has 21 aromatic rings. The molecule has 408 valence electrons. The monoisotopic (exact) mass is 1130 g/mol. The van der Waals surface area contributed by atoms with Crippen LogP contribution in [0, 0.1) is 0 Å². The Labute approximate surface area is 484 Å². The van der Waals surface area contributed by atoms with E-state index < -0.39 is 67.2 Å². The van der Waals surface area contributed by atoms with E-state index in [0.717, 1.165) is 109 Å². The van der Waals surface area contributed by atoms with E-state index in [0.29, 0.717) is 11.1 Å². The molecule has 11 nitrogen and oxygen atoms in total. The minimum absolute atomic E-state index is 0.500. The van der Waals surface area contributed by atoms with Crippen LogP contribution in [0.4, 0.5) is 0 Å². The Morgan fingerprint density at radius 1 is 0.264 bits per heavy atom. The second-order valence-corrected chi connectivity index (χ2v) is 34.2. The highest BCUT2D eigenvalue weighted by Crippen LogP contribution is 2.99. The lowest BCUT2D eigenvalue weighted by atomic mass is 9.45. The quantitative estimate of drug-likeness (QED) is 0.0496. The zero-order chi connectivity index (χ0) is 56.4. The molecule has 0 aromatic heterocycles. The van der Waals surface area contributed by atoms with Crippen LogP contribution in [0.2, 0.25) is 0 Å². The zero-order valence-electron chi connectivity index (χ0n) is 48.6. The summed E-state index contributed by atoms with van der Waals surface area (Å²) >= 11 is 0. The van der Waals surface area contributed by atoms with E-state index >= 15 is 10.2 Å². The Morgan fingerprint density at radius 3 is 0.908 bits per heavy atom. The Bertz CT molecular complexity index is 7420. The van der Waals surface area contributed by atoms with Crippen molar-refractivity contribution in [2.24, 2.45) is 0 Å². The van der Waals surface area contributed by atoms with Crippen LogP contribution in [0.1, 0.15) is 139 Å². The van der Waals surface area contributed by atoms with Crippen LogP contribution in [0.15, 0.2) is 11.1 Å². The second-order valence-electron chi connectivity index (χ2n) is 34.2. The first-order valence-electron chi connectivity index (χ1n) is 31.7. The molecule has 0 radical (unpaired) electrons. The Morgan fingerprint density at radius 2 is 0.517 bits per heavy atom. The summed E-state index contributed by atoms with van der Waals surface area (Å²) in [5, 5.41) is 83.0. The van der Waals surface area contributed by atoms with E-state index in [1.807, 2.05) is 83.1 Å². The molecule has 0 bridgehead atoms. The van der Waals surface area contributed by atoms with Gasteiger partial charge in [0.2, 0.25) is 5.60 Å². The van der Waals surface area contributed by atoms with Crippen LogP contribution < -0.4 is 0 Å². The zero-order valence-corrected chi connectivity index (χ0v) is 48.6. The van der Waals surface area contributed by atoms with Crippen molar-refractivity contribution in [3.63, 3.8) is 0 Å². The second kappa shape index (κ2) is 9.03. The molecule has 2 N–H and O–H groups in total. The number of rotatable bonds is 8. The molecule has 0 unspecified atom stereocenters. The van der Waals surface area contributed by atoms with Crippen LogP contribution >= 0.6 is 0 Å². The van der Waals surface area contributed by atoms with Gasteiger partial charge in [0.25, 0.3) is 0 Å².